The van der Waals surface area contributed by atoms with Gasteiger partial charge in [0.1, 0.15) is 5.75 Å². The Kier molecular flexibility index (Phi) is 1.55. The average molecular weight is 179 g/mol. The smallest absolute Gasteiger partial charge is 0.156 e. The minimum atomic E-state index is -0.0107. The second kappa shape index (κ2) is 2.57. The third kappa shape index (κ3) is 0.887. The number of nitrogens with zero attached hydrogens (tertiary/aromatic N) is 1. The Morgan fingerprint density at radius 3 is 3.08 bits per heavy atom. The molecule has 0 spiro atoms. The van der Waals surface area contributed by atoms with Crippen molar-refractivity contribution < 1.29 is 9.90 Å². The van der Waals surface area contributed by atoms with Gasteiger partial charge in [0.05, 0.1) is 21.3 Å². The standard InChI is InChI=1S/C8H5NO2S/c10-3-5-6(11)1-2-7-8(5)9-4-12-7/h1-4,11H. The van der Waals surface area contributed by atoms with Crippen molar-refractivity contribution in [3.05, 3.63) is 23.2 Å². The largest absolute Gasteiger partial charge is 0.507 e. The van der Waals surface area contributed by atoms with Gasteiger partial charge in [-0.2, -0.15) is 0 Å². The molecule has 0 saturated carbocycles. The minimum Gasteiger partial charge on any atom is -0.507 e. The van der Waals surface area contributed by atoms with Crippen molar-refractivity contribution in [3.63, 3.8) is 0 Å². The molecule has 3 nitrogen and oxygen atoms in total. The van der Waals surface area contributed by atoms with E-state index in [4.69, 9.17) is 0 Å². The number of benzene rings is 1. The van der Waals surface area contributed by atoms with E-state index in [1.54, 1.807) is 11.6 Å². The highest BCUT2D eigenvalue weighted by molar-refractivity contribution is 7.16. The predicted molar refractivity (Wildman–Crippen MR) is 46.7 cm³/mol. The van der Waals surface area contributed by atoms with Crippen LogP contribution in [0.3, 0.4) is 0 Å². The maximum atomic E-state index is 10.5. The number of rotatable bonds is 1. The van der Waals surface area contributed by atoms with Crippen LogP contribution >= 0.6 is 11.3 Å². The van der Waals surface area contributed by atoms with Crippen LogP contribution in [0.25, 0.3) is 10.2 Å². The summed E-state index contributed by atoms with van der Waals surface area (Å²) in [6.07, 6.45) is 0.622. The quantitative estimate of drug-likeness (QED) is 0.679. The van der Waals surface area contributed by atoms with Crippen LogP contribution in [0.15, 0.2) is 17.6 Å². The van der Waals surface area contributed by atoms with Crippen LogP contribution in [0, 0.1) is 0 Å². The zero-order chi connectivity index (χ0) is 8.55. The van der Waals surface area contributed by atoms with Gasteiger partial charge in [0.2, 0.25) is 0 Å². The Balaban J connectivity index is 2.91. The van der Waals surface area contributed by atoms with Crippen molar-refractivity contribution in [1.29, 1.82) is 0 Å². The normalized spacial score (nSPS) is 10.3. The summed E-state index contributed by atoms with van der Waals surface area (Å²) in [6.45, 7) is 0. The lowest BCUT2D eigenvalue weighted by molar-refractivity contribution is 0.112. The summed E-state index contributed by atoms with van der Waals surface area (Å²) in [7, 11) is 0. The summed E-state index contributed by atoms with van der Waals surface area (Å²) in [5.74, 6) is -0.0107. The number of hydrogen-bond donors (Lipinski definition) is 1. The first-order chi connectivity index (χ1) is 5.83. The summed E-state index contributed by atoms with van der Waals surface area (Å²) < 4.78 is 0.912. The van der Waals surface area contributed by atoms with E-state index in [0.29, 0.717) is 11.8 Å². The topological polar surface area (TPSA) is 50.2 Å². The molecule has 1 N–H and O–H groups in total. The lowest BCUT2D eigenvalue weighted by atomic mass is 10.2. The lowest BCUT2D eigenvalue weighted by Gasteiger charge is -1.95. The summed E-state index contributed by atoms with van der Waals surface area (Å²) in [5, 5.41) is 9.26. The van der Waals surface area contributed by atoms with Crippen molar-refractivity contribution in [2.45, 2.75) is 0 Å². The predicted octanol–water partition coefficient (Wildman–Crippen LogP) is 1.81. The first-order valence-electron chi connectivity index (χ1n) is 3.33. The first-order valence-corrected chi connectivity index (χ1v) is 4.21. The number of hydrogen-bond acceptors (Lipinski definition) is 4. The molecule has 1 heterocycles. The number of aromatic hydroxyl groups is 1. The molecule has 0 amide bonds. The molecule has 4 heteroatoms. The van der Waals surface area contributed by atoms with Crippen molar-refractivity contribution >= 4 is 27.8 Å². The molecule has 0 bridgehead atoms. The zero-order valence-electron chi connectivity index (χ0n) is 6.02. The van der Waals surface area contributed by atoms with E-state index >= 15 is 0 Å². The Morgan fingerprint density at radius 2 is 2.33 bits per heavy atom. The van der Waals surface area contributed by atoms with Crippen molar-refractivity contribution in [1.82, 2.24) is 4.98 Å². The number of carbonyl (C=O) groups excluding carboxylic acids is 1. The Bertz CT molecular complexity index is 436. The van der Waals surface area contributed by atoms with Gasteiger partial charge < -0.3 is 5.11 Å². The van der Waals surface area contributed by atoms with E-state index in [9.17, 15) is 9.90 Å². The molecule has 0 saturated heterocycles. The summed E-state index contributed by atoms with van der Waals surface area (Å²) in [6, 6.07) is 3.25. The van der Waals surface area contributed by atoms with Gasteiger partial charge in [0.15, 0.2) is 6.29 Å². The molecule has 0 aliphatic carbocycles. The molecular weight excluding hydrogens is 174 g/mol. The molecule has 0 atom stereocenters. The molecule has 0 unspecified atom stereocenters. The second-order valence-electron chi connectivity index (χ2n) is 2.32. The van der Waals surface area contributed by atoms with E-state index in [1.807, 2.05) is 0 Å². The van der Waals surface area contributed by atoms with Gasteiger partial charge in [-0.15, -0.1) is 11.3 Å². The number of carbonyl (C=O) groups is 1. The van der Waals surface area contributed by atoms with Crippen LogP contribution in [0.1, 0.15) is 10.4 Å². The molecule has 1 aromatic carbocycles. The number of phenolic OH excluding ortho intramolecular Hbond substituents is 1. The minimum absolute atomic E-state index is 0.0107. The maximum absolute atomic E-state index is 10.5. The van der Waals surface area contributed by atoms with E-state index in [2.05, 4.69) is 4.98 Å². The fourth-order valence-corrected chi connectivity index (χ4v) is 1.75. The number of aromatic nitrogens is 1. The van der Waals surface area contributed by atoms with Crippen LogP contribution in [-0.4, -0.2) is 16.4 Å². The van der Waals surface area contributed by atoms with Gasteiger partial charge in [0, 0.05) is 0 Å². The zero-order valence-corrected chi connectivity index (χ0v) is 6.84. The molecule has 0 radical (unpaired) electrons. The van der Waals surface area contributed by atoms with Crippen LogP contribution in [0.4, 0.5) is 0 Å². The second-order valence-corrected chi connectivity index (χ2v) is 3.20. The van der Waals surface area contributed by atoms with Gasteiger partial charge in [-0.1, -0.05) is 0 Å². The number of aldehydes is 1. The summed E-state index contributed by atoms with van der Waals surface area (Å²) in [5.41, 5.74) is 2.50. The van der Waals surface area contributed by atoms with Crippen LogP contribution in [-0.2, 0) is 0 Å². The molecule has 60 valence electrons. The van der Waals surface area contributed by atoms with Gasteiger partial charge in [0.25, 0.3) is 0 Å². The van der Waals surface area contributed by atoms with Crippen LogP contribution in [0.5, 0.6) is 5.75 Å². The van der Waals surface area contributed by atoms with E-state index in [-0.39, 0.29) is 11.3 Å². The molecule has 2 aromatic rings. The Labute approximate surface area is 72.3 Å². The molecule has 0 aliphatic rings. The highest BCUT2D eigenvalue weighted by atomic mass is 32.1. The van der Waals surface area contributed by atoms with E-state index in [1.165, 1.54) is 17.4 Å². The monoisotopic (exact) mass is 179 g/mol. The molecular formula is C8H5NO2S. The Morgan fingerprint density at radius 1 is 1.50 bits per heavy atom. The molecule has 2 rings (SSSR count). The van der Waals surface area contributed by atoms with E-state index < -0.39 is 0 Å². The fourth-order valence-electron chi connectivity index (χ4n) is 1.06. The molecule has 1 aromatic heterocycles. The highest BCUT2D eigenvalue weighted by Crippen LogP contribution is 2.26. The van der Waals surface area contributed by atoms with Crippen molar-refractivity contribution in [2.75, 3.05) is 0 Å². The van der Waals surface area contributed by atoms with Gasteiger partial charge in [-0.25, -0.2) is 4.98 Å². The molecule has 12 heavy (non-hydrogen) atoms. The highest BCUT2D eigenvalue weighted by Gasteiger charge is 2.07. The third-order valence-electron chi connectivity index (χ3n) is 1.64. The SMILES string of the molecule is O=Cc1c(O)ccc2scnc12. The van der Waals surface area contributed by atoms with E-state index in [0.717, 1.165) is 4.70 Å². The molecule has 0 fully saturated rings. The van der Waals surface area contributed by atoms with Crippen molar-refractivity contribution in [2.24, 2.45) is 0 Å². The number of phenols is 1. The van der Waals surface area contributed by atoms with Gasteiger partial charge >= 0.3 is 0 Å². The summed E-state index contributed by atoms with van der Waals surface area (Å²) in [4.78, 5) is 14.5. The number of fused-ring (bicyclic) bond motifs is 1. The summed E-state index contributed by atoms with van der Waals surface area (Å²) >= 11 is 1.44. The van der Waals surface area contributed by atoms with Gasteiger partial charge in [-0.05, 0) is 12.1 Å². The lowest BCUT2D eigenvalue weighted by Crippen LogP contribution is -1.82. The third-order valence-corrected chi connectivity index (χ3v) is 2.43. The van der Waals surface area contributed by atoms with Crippen LogP contribution in [0.2, 0.25) is 0 Å². The first kappa shape index (κ1) is 7.24. The maximum Gasteiger partial charge on any atom is 0.156 e. The average Bonchev–Trinajstić information content (AvgIpc) is 2.52. The van der Waals surface area contributed by atoms with Crippen molar-refractivity contribution in [3.8, 4) is 5.75 Å². The van der Waals surface area contributed by atoms with Gasteiger partial charge in [-0.3, -0.25) is 4.79 Å². The molecule has 0 aliphatic heterocycles. The van der Waals surface area contributed by atoms with Crippen LogP contribution < -0.4 is 0 Å². The number of thiazole rings is 1. The fraction of sp³-hybridized carbons (Fsp3) is 0. The Hall–Kier alpha value is -1.42.